The molecule has 1 unspecified atom stereocenters. The van der Waals surface area contributed by atoms with Gasteiger partial charge in [-0.1, -0.05) is 45.0 Å². The van der Waals surface area contributed by atoms with Crippen LogP contribution in [0.4, 0.5) is 15.8 Å². The number of amides is 1. The fraction of sp³-hybridized carbons (Fsp3) is 0.321. The van der Waals surface area contributed by atoms with Gasteiger partial charge in [0.2, 0.25) is 5.91 Å². The van der Waals surface area contributed by atoms with Crippen LogP contribution in [-0.4, -0.2) is 18.2 Å². The highest BCUT2D eigenvalue weighted by atomic mass is 19.1. The lowest BCUT2D eigenvalue weighted by Gasteiger charge is -2.47. The Hall–Kier alpha value is -3.92. The molecule has 2 aromatic rings. The molecule has 6 nitrogen and oxygen atoms in total. The average Bonchev–Trinajstić information content (AvgIpc) is 3.02. The maximum atomic E-state index is 14.3. The van der Waals surface area contributed by atoms with Crippen molar-refractivity contribution in [2.75, 3.05) is 16.3 Å². The number of nitrogens with zero attached hydrogens (tertiary/aromatic N) is 3. The molecule has 2 aromatic carbocycles. The van der Waals surface area contributed by atoms with Gasteiger partial charge in [-0.05, 0) is 42.5 Å². The van der Waals surface area contributed by atoms with Crippen molar-refractivity contribution < 1.29 is 14.0 Å². The van der Waals surface area contributed by atoms with E-state index in [-0.39, 0.29) is 35.1 Å². The van der Waals surface area contributed by atoms with Crippen LogP contribution in [0.5, 0.6) is 0 Å². The first kappa shape index (κ1) is 22.9. The van der Waals surface area contributed by atoms with Crippen molar-refractivity contribution in [3.63, 3.8) is 0 Å². The quantitative estimate of drug-likeness (QED) is 0.704. The van der Waals surface area contributed by atoms with Crippen LogP contribution < -0.4 is 15.5 Å². The molecule has 1 spiro atoms. The Kier molecular flexibility index (Phi) is 5.10. The zero-order valence-corrected chi connectivity index (χ0v) is 20.1. The van der Waals surface area contributed by atoms with E-state index in [0.717, 1.165) is 0 Å². The summed E-state index contributed by atoms with van der Waals surface area (Å²) < 4.78 is 14.3. The van der Waals surface area contributed by atoms with Crippen LogP contribution in [0.1, 0.15) is 45.6 Å². The van der Waals surface area contributed by atoms with E-state index in [9.17, 15) is 19.2 Å². The lowest BCUT2D eigenvalue weighted by atomic mass is 9.60. The third-order valence-electron chi connectivity index (χ3n) is 7.16. The number of benzene rings is 2. The summed E-state index contributed by atoms with van der Waals surface area (Å²) in [6.07, 6.45) is 1.38. The Morgan fingerprint density at radius 2 is 1.86 bits per heavy atom. The number of fused-ring (bicyclic) bond motifs is 3. The highest BCUT2D eigenvalue weighted by molar-refractivity contribution is 6.20. The van der Waals surface area contributed by atoms with E-state index in [2.05, 4.69) is 6.07 Å². The zero-order valence-electron chi connectivity index (χ0n) is 20.1. The van der Waals surface area contributed by atoms with Gasteiger partial charge >= 0.3 is 0 Å². The molecule has 178 valence electrons. The molecule has 2 aliphatic heterocycles. The maximum Gasteiger partial charge on any atom is 0.247 e. The topological polar surface area (TPSA) is 90.4 Å². The fourth-order valence-electron chi connectivity index (χ4n) is 5.91. The van der Waals surface area contributed by atoms with Gasteiger partial charge in [-0.25, -0.2) is 4.39 Å². The van der Waals surface area contributed by atoms with Gasteiger partial charge in [-0.3, -0.25) is 14.5 Å². The van der Waals surface area contributed by atoms with E-state index in [4.69, 9.17) is 5.73 Å². The molecular formula is C28H27FN4O2. The predicted octanol–water partition coefficient (Wildman–Crippen LogP) is 4.68. The summed E-state index contributed by atoms with van der Waals surface area (Å²) in [4.78, 5) is 31.5. The molecule has 0 saturated carbocycles. The summed E-state index contributed by atoms with van der Waals surface area (Å²) in [5.74, 6) is -0.947. The molecular weight excluding hydrogens is 443 g/mol. The fourth-order valence-corrected chi connectivity index (χ4v) is 5.91. The number of halogens is 1. The molecule has 35 heavy (non-hydrogen) atoms. The van der Waals surface area contributed by atoms with Gasteiger partial charge in [-0.2, -0.15) is 5.26 Å². The Balaban J connectivity index is 1.90. The van der Waals surface area contributed by atoms with E-state index >= 15 is 0 Å². The molecule has 0 fully saturated rings. The number of Topliss-reactive ketones (excluding diaryl/α,β-unsaturated/α-hetero) is 1. The lowest BCUT2D eigenvalue weighted by molar-refractivity contribution is -0.125. The molecule has 1 atom stereocenters. The second-order valence-corrected chi connectivity index (χ2v) is 10.2. The standard InChI is InChI=1S/C28H27FN4O2/c1-4-12-32-21-11-6-5-10-19(21)28(26(32)35)20(16-30)25(31)33(18-9-7-8-17(29)13-18)22-14-27(2,3)15-23(34)24(22)28/h5-11,13H,4,12,14-15,31H2,1-3H3. The van der Waals surface area contributed by atoms with Gasteiger partial charge < -0.3 is 10.6 Å². The van der Waals surface area contributed by atoms with Crippen LogP contribution in [0.2, 0.25) is 0 Å². The van der Waals surface area contributed by atoms with Crippen LogP contribution in [0.15, 0.2) is 71.2 Å². The average molecular weight is 471 g/mol. The number of nitrogens with two attached hydrogens (primary N) is 1. The van der Waals surface area contributed by atoms with Crippen LogP contribution in [0.3, 0.4) is 0 Å². The van der Waals surface area contributed by atoms with Crippen molar-refractivity contribution in [3.05, 3.63) is 82.6 Å². The minimum Gasteiger partial charge on any atom is -0.384 e. The van der Waals surface area contributed by atoms with Crippen molar-refractivity contribution in [2.24, 2.45) is 11.1 Å². The van der Waals surface area contributed by atoms with Gasteiger partial charge in [0.15, 0.2) is 5.78 Å². The molecule has 0 aromatic heterocycles. The summed E-state index contributed by atoms with van der Waals surface area (Å²) >= 11 is 0. The van der Waals surface area contributed by atoms with Crippen LogP contribution in [0, 0.1) is 22.6 Å². The molecule has 3 aliphatic rings. The van der Waals surface area contributed by atoms with Crippen molar-refractivity contribution in [1.29, 1.82) is 5.26 Å². The van der Waals surface area contributed by atoms with E-state index < -0.39 is 16.6 Å². The van der Waals surface area contributed by atoms with Gasteiger partial charge in [0.1, 0.15) is 23.1 Å². The summed E-state index contributed by atoms with van der Waals surface area (Å²) in [6, 6.07) is 15.4. The number of hydrogen-bond donors (Lipinski definition) is 1. The Bertz CT molecular complexity index is 1380. The molecule has 0 radical (unpaired) electrons. The molecule has 5 rings (SSSR count). The number of hydrogen-bond acceptors (Lipinski definition) is 5. The zero-order chi connectivity index (χ0) is 25.1. The first-order chi connectivity index (χ1) is 16.7. The molecule has 1 amide bonds. The maximum absolute atomic E-state index is 14.3. The number of ketones is 1. The minimum absolute atomic E-state index is 0.00428. The Morgan fingerprint density at radius 3 is 2.54 bits per heavy atom. The SMILES string of the molecule is CCCN1C(=O)C2(C(C#N)=C(N)N(c3cccc(F)c3)C3=C2C(=O)CC(C)(C)C3)c2ccccc21. The summed E-state index contributed by atoms with van der Waals surface area (Å²) in [5.41, 5.74) is 7.20. The van der Waals surface area contributed by atoms with E-state index in [1.165, 1.54) is 12.1 Å². The number of para-hydroxylation sites is 1. The predicted molar refractivity (Wildman–Crippen MR) is 132 cm³/mol. The van der Waals surface area contributed by atoms with Crippen molar-refractivity contribution >= 4 is 23.1 Å². The summed E-state index contributed by atoms with van der Waals surface area (Å²) in [7, 11) is 0. The second kappa shape index (κ2) is 7.81. The summed E-state index contributed by atoms with van der Waals surface area (Å²) in [5, 5.41) is 10.5. The second-order valence-electron chi connectivity index (χ2n) is 10.2. The first-order valence-electron chi connectivity index (χ1n) is 11.8. The highest BCUT2D eigenvalue weighted by Crippen LogP contribution is 2.58. The number of allylic oxidation sites excluding steroid dienone is 1. The Morgan fingerprint density at radius 1 is 1.11 bits per heavy atom. The lowest BCUT2D eigenvalue weighted by Crippen LogP contribution is -2.54. The number of rotatable bonds is 3. The van der Waals surface area contributed by atoms with Gasteiger partial charge in [0.25, 0.3) is 0 Å². The van der Waals surface area contributed by atoms with Crippen molar-refractivity contribution in [3.8, 4) is 6.07 Å². The molecule has 2 N–H and O–H groups in total. The molecule has 2 heterocycles. The van der Waals surface area contributed by atoms with Crippen LogP contribution >= 0.6 is 0 Å². The minimum atomic E-state index is -1.61. The summed E-state index contributed by atoms with van der Waals surface area (Å²) in [6.45, 7) is 6.39. The van der Waals surface area contributed by atoms with Crippen molar-refractivity contribution in [1.82, 2.24) is 0 Å². The van der Waals surface area contributed by atoms with E-state index in [1.54, 1.807) is 21.9 Å². The molecule has 7 heteroatoms. The van der Waals surface area contributed by atoms with Crippen LogP contribution in [0.25, 0.3) is 0 Å². The first-order valence-corrected chi connectivity index (χ1v) is 11.8. The molecule has 0 saturated heterocycles. The number of carbonyl (C=O) groups excluding carboxylic acids is 2. The Labute approximate surface area is 204 Å². The number of nitriles is 1. The van der Waals surface area contributed by atoms with E-state index in [0.29, 0.717) is 42.0 Å². The van der Waals surface area contributed by atoms with Crippen molar-refractivity contribution in [2.45, 2.75) is 45.4 Å². The number of anilines is 2. The largest absolute Gasteiger partial charge is 0.384 e. The third kappa shape index (κ3) is 3.06. The highest BCUT2D eigenvalue weighted by Gasteiger charge is 2.63. The number of carbonyl (C=O) groups is 2. The van der Waals surface area contributed by atoms with Gasteiger partial charge in [0, 0.05) is 35.5 Å². The van der Waals surface area contributed by atoms with E-state index in [1.807, 2.05) is 45.0 Å². The smallest absolute Gasteiger partial charge is 0.247 e. The third-order valence-corrected chi connectivity index (χ3v) is 7.16. The van der Waals surface area contributed by atoms with Gasteiger partial charge in [-0.15, -0.1) is 0 Å². The monoisotopic (exact) mass is 470 g/mol. The normalized spacial score (nSPS) is 23.1. The van der Waals surface area contributed by atoms with Crippen LogP contribution in [-0.2, 0) is 15.0 Å². The van der Waals surface area contributed by atoms with Gasteiger partial charge in [0.05, 0.1) is 11.3 Å². The molecule has 0 bridgehead atoms. The molecule has 1 aliphatic carbocycles.